The van der Waals surface area contributed by atoms with Crippen molar-refractivity contribution >= 4 is 23.7 Å². The lowest BCUT2D eigenvalue weighted by Gasteiger charge is -2.27. The second kappa shape index (κ2) is 13.2. The molecule has 1 aliphatic heterocycles. The fourth-order valence-corrected chi connectivity index (χ4v) is 3.23. The number of carboxylic acids is 1. The molecule has 1 rings (SSSR count). The summed E-state index contributed by atoms with van der Waals surface area (Å²) < 4.78 is 0. The van der Waals surface area contributed by atoms with E-state index in [-0.39, 0.29) is 6.42 Å². The Kier molecular flexibility index (Phi) is 11.4. The molecule has 9 N–H and O–H groups in total. The second-order valence-electron chi connectivity index (χ2n) is 7.79. The Balaban J connectivity index is 2.88. The molecule has 178 valence electrons. The average molecular weight is 446 g/mol. The molecule has 0 aromatic heterocycles. The highest BCUT2D eigenvalue weighted by molar-refractivity contribution is 5.94. The molecule has 0 aromatic carbocycles. The first-order valence-electron chi connectivity index (χ1n) is 10.5. The molecule has 6 atom stereocenters. The molecule has 6 unspecified atom stereocenters. The number of carboxylic acid groups (broad SMARTS) is 1. The van der Waals surface area contributed by atoms with Crippen LogP contribution >= 0.6 is 0 Å². The fourth-order valence-electron chi connectivity index (χ4n) is 3.23. The molecule has 0 aromatic rings. The van der Waals surface area contributed by atoms with Crippen LogP contribution in [-0.2, 0) is 19.2 Å². The van der Waals surface area contributed by atoms with Crippen LogP contribution in [0.3, 0.4) is 0 Å². The molecule has 0 spiro atoms. The van der Waals surface area contributed by atoms with Gasteiger partial charge in [0.1, 0.15) is 12.1 Å². The summed E-state index contributed by atoms with van der Waals surface area (Å²) in [7, 11) is 0. The molecule has 12 heteroatoms. The first-order valence-corrected chi connectivity index (χ1v) is 10.5. The van der Waals surface area contributed by atoms with Gasteiger partial charge in [-0.15, -0.1) is 0 Å². The maximum Gasteiger partial charge on any atom is 0.328 e. The van der Waals surface area contributed by atoms with Gasteiger partial charge in [0.05, 0.1) is 18.2 Å². The van der Waals surface area contributed by atoms with E-state index in [0.717, 1.165) is 6.42 Å². The number of carbonyl (C=O) groups excluding carboxylic acids is 3. The average Bonchev–Trinajstić information content (AvgIpc) is 3.23. The van der Waals surface area contributed by atoms with E-state index in [9.17, 15) is 29.4 Å². The number of aliphatic hydroxyl groups is 2. The van der Waals surface area contributed by atoms with E-state index < -0.39 is 60.1 Å². The Bertz CT molecular complexity index is 623. The summed E-state index contributed by atoms with van der Waals surface area (Å²) in [4.78, 5) is 49.0. The molecule has 1 heterocycles. The topological polar surface area (TPSA) is 203 Å². The molecular formula is C19H35N5O7. The van der Waals surface area contributed by atoms with Gasteiger partial charge < -0.3 is 42.3 Å². The highest BCUT2D eigenvalue weighted by atomic mass is 16.4. The summed E-state index contributed by atoms with van der Waals surface area (Å²) in [5, 5.41) is 38.9. The summed E-state index contributed by atoms with van der Waals surface area (Å²) in [6, 6.07) is -4.45. The van der Waals surface area contributed by atoms with Crippen molar-refractivity contribution in [1.29, 1.82) is 0 Å². The predicted octanol–water partition coefficient (Wildman–Crippen LogP) is -2.83. The molecule has 0 radical (unpaired) electrons. The van der Waals surface area contributed by atoms with Crippen LogP contribution in [0.25, 0.3) is 0 Å². The number of amides is 3. The minimum absolute atomic E-state index is 0.158. The van der Waals surface area contributed by atoms with Crippen molar-refractivity contribution in [3.63, 3.8) is 0 Å². The molecule has 1 aliphatic rings. The van der Waals surface area contributed by atoms with E-state index in [1.54, 1.807) is 0 Å². The Morgan fingerprint density at radius 3 is 2.13 bits per heavy atom. The van der Waals surface area contributed by atoms with Crippen LogP contribution < -0.4 is 27.0 Å². The zero-order chi connectivity index (χ0) is 23.6. The summed E-state index contributed by atoms with van der Waals surface area (Å²) in [6.45, 7) is 3.61. The van der Waals surface area contributed by atoms with Gasteiger partial charge in [-0.2, -0.15) is 0 Å². The van der Waals surface area contributed by atoms with Gasteiger partial charge in [0.25, 0.3) is 0 Å². The van der Waals surface area contributed by atoms with Gasteiger partial charge in [-0.25, -0.2) is 4.79 Å². The molecule has 1 fully saturated rings. The molecular weight excluding hydrogens is 410 g/mol. The normalized spacial score (nSPS) is 20.7. The van der Waals surface area contributed by atoms with E-state index in [2.05, 4.69) is 21.3 Å². The van der Waals surface area contributed by atoms with Crippen molar-refractivity contribution in [2.24, 2.45) is 5.73 Å². The van der Waals surface area contributed by atoms with E-state index in [0.29, 0.717) is 32.4 Å². The number of carbonyl (C=O) groups is 4. The zero-order valence-corrected chi connectivity index (χ0v) is 18.0. The summed E-state index contributed by atoms with van der Waals surface area (Å²) in [5.74, 6) is -3.43. The molecule has 0 bridgehead atoms. The quantitative estimate of drug-likeness (QED) is 0.137. The molecule has 12 nitrogen and oxygen atoms in total. The molecule has 3 amide bonds. The van der Waals surface area contributed by atoms with Crippen LogP contribution in [-0.4, -0.2) is 88.5 Å². The first-order chi connectivity index (χ1) is 14.6. The smallest absolute Gasteiger partial charge is 0.328 e. The third kappa shape index (κ3) is 8.77. The lowest BCUT2D eigenvalue weighted by Crippen LogP contribution is -2.60. The first kappa shape index (κ1) is 26.8. The minimum Gasteiger partial charge on any atom is -0.480 e. The van der Waals surface area contributed by atoms with Crippen molar-refractivity contribution in [2.45, 2.75) is 82.3 Å². The number of unbranched alkanes of at least 4 members (excludes halogenated alkanes) is 1. The largest absolute Gasteiger partial charge is 0.480 e. The monoisotopic (exact) mass is 445 g/mol. The van der Waals surface area contributed by atoms with Gasteiger partial charge in [-0.05, 0) is 59.0 Å². The maximum absolute atomic E-state index is 12.8. The highest BCUT2D eigenvalue weighted by Gasteiger charge is 2.34. The van der Waals surface area contributed by atoms with Crippen LogP contribution in [0.5, 0.6) is 0 Å². The Hall–Kier alpha value is -2.28. The standard InChI is InChI=1S/C19H35N5O7/c1-10(25)14(23-16(27)12-7-5-9-21-12)18(29)22-13(6-3-4-8-20)17(28)24-15(11(2)26)19(30)31/h10-15,21,25-26H,3-9,20H2,1-2H3,(H,22,29)(H,23,27)(H,24,28)(H,30,31). The lowest BCUT2D eigenvalue weighted by molar-refractivity contribution is -0.145. The number of nitrogens with one attached hydrogen (secondary N) is 4. The number of hydrogen-bond acceptors (Lipinski definition) is 8. The third-order valence-electron chi connectivity index (χ3n) is 5.07. The van der Waals surface area contributed by atoms with Crippen molar-refractivity contribution in [3.05, 3.63) is 0 Å². The Labute approximate surface area is 181 Å². The molecule has 1 saturated heterocycles. The van der Waals surface area contributed by atoms with Crippen LogP contribution in [0.1, 0.15) is 46.0 Å². The fraction of sp³-hybridized carbons (Fsp3) is 0.789. The van der Waals surface area contributed by atoms with Crippen LogP contribution in [0.4, 0.5) is 0 Å². The lowest BCUT2D eigenvalue weighted by atomic mass is 10.0. The Morgan fingerprint density at radius 1 is 1.00 bits per heavy atom. The van der Waals surface area contributed by atoms with Gasteiger partial charge in [-0.1, -0.05) is 0 Å². The molecule has 31 heavy (non-hydrogen) atoms. The summed E-state index contributed by atoms with van der Waals surface area (Å²) >= 11 is 0. The Morgan fingerprint density at radius 2 is 1.65 bits per heavy atom. The predicted molar refractivity (Wildman–Crippen MR) is 111 cm³/mol. The second-order valence-corrected chi connectivity index (χ2v) is 7.79. The minimum atomic E-state index is -1.55. The van der Waals surface area contributed by atoms with Crippen LogP contribution in [0, 0.1) is 0 Å². The number of nitrogens with two attached hydrogens (primary N) is 1. The van der Waals surface area contributed by atoms with Gasteiger partial charge in [0.2, 0.25) is 17.7 Å². The number of aliphatic hydroxyl groups excluding tert-OH is 2. The number of hydrogen-bond donors (Lipinski definition) is 8. The number of aliphatic carboxylic acids is 1. The summed E-state index contributed by atoms with van der Waals surface area (Å²) in [5.41, 5.74) is 5.47. The van der Waals surface area contributed by atoms with Gasteiger partial charge in [0.15, 0.2) is 6.04 Å². The van der Waals surface area contributed by atoms with Crippen molar-refractivity contribution < 1.29 is 34.5 Å². The van der Waals surface area contributed by atoms with Crippen LogP contribution in [0.2, 0.25) is 0 Å². The maximum atomic E-state index is 12.8. The third-order valence-corrected chi connectivity index (χ3v) is 5.07. The van der Waals surface area contributed by atoms with E-state index in [1.165, 1.54) is 13.8 Å². The molecule has 0 saturated carbocycles. The zero-order valence-electron chi connectivity index (χ0n) is 18.0. The van der Waals surface area contributed by atoms with Crippen molar-refractivity contribution in [1.82, 2.24) is 21.3 Å². The van der Waals surface area contributed by atoms with Crippen molar-refractivity contribution in [2.75, 3.05) is 13.1 Å². The van der Waals surface area contributed by atoms with Gasteiger partial charge >= 0.3 is 5.97 Å². The number of rotatable bonds is 13. The van der Waals surface area contributed by atoms with E-state index >= 15 is 0 Å². The van der Waals surface area contributed by atoms with Gasteiger partial charge in [0, 0.05) is 0 Å². The highest BCUT2D eigenvalue weighted by Crippen LogP contribution is 2.08. The molecule has 0 aliphatic carbocycles. The van der Waals surface area contributed by atoms with E-state index in [1.807, 2.05) is 0 Å². The SMILES string of the molecule is CC(O)C(NC(=O)C(CCCCN)NC(=O)C(NC(=O)C1CCCN1)C(C)O)C(=O)O. The van der Waals surface area contributed by atoms with Crippen molar-refractivity contribution in [3.8, 4) is 0 Å². The van der Waals surface area contributed by atoms with E-state index in [4.69, 9.17) is 10.8 Å². The van der Waals surface area contributed by atoms with Gasteiger partial charge in [-0.3, -0.25) is 14.4 Å². The van der Waals surface area contributed by atoms with Crippen LogP contribution in [0.15, 0.2) is 0 Å². The summed E-state index contributed by atoms with van der Waals surface area (Å²) in [6.07, 6.45) is 0.0427.